The van der Waals surface area contributed by atoms with Crippen LogP contribution in [0.25, 0.3) is 6.08 Å². The van der Waals surface area contributed by atoms with Crippen molar-refractivity contribution in [3.05, 3.63) is 35.4 Å². The summed E-state index contributed by atoms with van der Waals surface area (Å²) < 4.78 is 5.61. The molecule has 1 aromatic rings. The van der Waals surface area contributed by atoms with Crippen molar-refractivity contribution in [2.24, 2.45) is 5.92 Å². The van der Waals surface area contributed by atoms with Crippen LogP contribution in [0, 0.1) is 5.92 Å². The summed E-state index contributed by atoms with van der Waals surface area (Å²) in [4.78, 5) is 0. The fourth-order valence-corrected chi connectivity index (χ4v) is 3.13. The van der Waals surface area contributed by atoms with E-state index in [1.165, 1.54) is 43.2 Å². The highest BCUT2D eigenvalue weighted by molar-refractivity contribution is 6.19. The first-order valence-electron chi connectivity index (χ1n) is 7.82. The van der Waals surface area contributed by atoms with Crippen LogP contribution in [0.15, 0.2) is 29.8 Å². The predicted octanol–water partition coefficient (Wildman–Crippen LogP) is 5.68. The number of ether oxygens (including phenoxy) is 1. The highest BCUT2D eigenvalue weighted by Gasteiger charge is 2.16. The molecule has 0 atom stereocenters. The van der Waals surface area contributed by atoms with Crippen molar-refractivity contribution in [2.75, 3.05) is 12.5 Å². The lowest BCUT2D eigenvalue weighted by molar-refractivity contribution is 0.317. The molecule has 1 aliphatic carbocycles. The number of benzene rings is 1. The van der Waals surface area contributed by atoms with Crippen molar-refractivity contribution in [2.45, 2.75) is 45.4 Å². The number of allylic oxidation sites excluding steroid dienone is 1. The molecule has 1 aliphatic rings. The van der Waals surface area contributed by atoms with E-state index in [0.717, 1.165) is 18.8 Å². The van der Waals surface area contributed by atoms with Gasteiger partial charge in [-0.3, -0.25) is 0 Å². The molecule has 0 saturated heterocycles. The second-order valence-corrected chi connectivity index (χ2v) is 5.87. The van der Waals surface area contributed by atoms with Gasteiger partial charge in [0.1, 0.15) is 5.75 Å². The first kappa shape index (κ1) is 15.4. The van der Waals surface area contributed by atoms with E-state index in [2.05, 4.69) is 25.1 Å². The topological polar surface area (TPSA) is 9.23 Å². The molecule has 0 aliphatic heterocycles. The van der Waals surface area contributed by atoms with E-state index < -0.39 is 0 Å². The number of rotatable bonds is 6. The summed E-state index contributed by atoms with van der Waals surface area (Å²) in [6.45, 7) is 2.90. The molecule has 0 aromatic heterocycles. The van der Waals surface area contributed by atoms with E-state index >= 15 is 0 Å². The Balaban J connectivity index is 2.03. The molecule has 110 valence electrons. The summed E-state index contributed by atoms with van der Waals surface area (Å²) in [5.41, 5.74) is 2.63. The molecule has 1 nitrogen and oxygen atoms in total. The summed E-state index contributed by atoms with van der Waals surface area (Å²) in [6.07, 6.45) is 10.00. The predicted molar refractivity (Wildman–Crippen MR) is 87.5 cm³/mol. The van der Waals surface area contributed by atoms with Gasteiger partial charge in [0.05, 0.1) is 6.61 Å². The molecule has 0 heterocycles. The molecular weight excluding hydrogens is 268 g/mol. The molecule has 0 bridgehead atoms. The van der Waals surface area contributed by atoms with E-state index in [1.807, 2.05) is 12.1 Å². The molecule has 1 fully saturated rings. The summed E-state index contributed by atoms with van der Waals surface area (Å²) >= 11 is 6.16. The minimum Gasteiger partial charge on any atom is -0.494 e. The van der Waals surface area contributed by atoms with Crippen molar-refractivity contribution in [3.63, 3.8) is 0 Å². The molecule has 1 saturated carbocycles. The zero-order chi connectivity index (χ0) is 14.2. The van der Waals surface area contributed by atoms with E-state index in [-0.39, 0.29) is 0 Å². The number of halogens is 1. The average molecular weight is 293 g/mol. The van der Waals surface area contributed by atoms with E-state index in [4.69, 9.17) is 16.3 Å². The van der Waals surface area contributed by atoms with Crippen molar-refractivity contribution < 1.29 is 4.74 Å². The fourth-order valence-electron chi connectivity index (χ4n) is 2.83. The SMILES string of the molecule is CCCOc1ccc(/C=C(/CCl)C2CCCCC2)cc1. The Morgan fingerprint density at radius 3 is 2.50 bits per heavy atom. The highest BCUT2D eigenvalue weighted by atomic mass is 35.5. The number of hydrogen-bond acceptors (Lipinski definition) is 1. The van der Waals surface area contributed by atoms with Gasteiger partial charge in [0.15, 0.2) is 0 Å². The Morgan fingerprint density at radius 2 is 1.90 bits per heavy atom. The molecule has 2 heteroatoms. The van der Waals surface area contributed by atoms with Crippen LogP contribution in [0.5, 0.6) is 5.75 Å². The second-order valence-electron chi connectivity index (χ2n) is 5.61. The van der Waals surface area contributed by atoms with Crippen molar-refractivity contribution >= 4 is 17.7 Å². The maximum atomic E-state index is 6.16. The fraction of sp³-hybridized carbons (Fsp3) is 0.556. The Morgan fingerprint density at radius 1 is 1.20 bits per heavy atom. The third-order valence-corrected chi connectivity index (χ3v) is 4.30. The summed E-state index contributed by atoms with van der Waals surface area (Å²) in [5.74, 6) is 2.30. The lowest BCUT2D eigenvalue weighted by Crippen LogP contribution is -2.10. The van der Waals surface area contributed by atoms with Crippen molar-refractivity contribution in [1.82, 2.24) is 0 Å². The highest BCUT2D eigenvalue weighted by Crippen LogP contribution is 2.31. The monoisotopic (exact) mass is 292 g/mol. The lowest BCUT2D eigenvalue weighted by Gasteiger charge is -2.23. The van der Waals surface area contributed by atoms with Gasteiger partial charge in [0.2, 0.25) is 0 Å². The third-order valence-electron chi connectivity index (χ3n) is 3.99. The maximum absolute atomic E-state index is 6.16. The first-order valence-corrected chi connectivity index (χ1v) is 8.36. The molecule has 0 amide bonds. The number of alkyl halides is 1. The van der Waals surface area contributed by atoms with Crippen LogP contribution in [-0.2, 0) is 0 Å². The summed E-state index contributed by atoms with van der Waals surface area (Å²) in [7, 11) is 0. The minimum atomic E-state index is 0.652. The van der Waals surface area contributed by atoms with Gasteiger partial charge in [0, 0.05) is 5.88 Å². The molecule has 0 radical (unpaired) electrons. The van der Waals surface area contributed by atoms with E-state index in [0.29, 0.717) is 11.8 Å². The summed E-state index contributed by atoms with van der Waals surface area (Å²) in [5, 5.41) is 0. The van der Waals surface area contributed by atoms with E-state index in [1.54, 1.807) is 0 Å². The quantitative estimate of drug-likeness (QED) is 0.613. The normalized spacial score (nSPS) is 17.2. The standard InChI is InChI=1S/C18H25ClO/c1-2-12-20-18-10-8-15(9-11-18)13-17(14-19)16-6-4-3-5-7-16/h8-11,13,16H,2-7,12,14H2,1H3/b17-13-. The van der Waals surface area contributed by atoms with Crippen LogP contribution < -0.4 is 4.74 Å². The van der Waals surface area contributed by atoms with Gasteiger partial charge in [-0.2, -0.15) is 0 Å². The zero-order valence-corrected chi connectivity index (χ0v) is 13.2. The Hall–Kier alpha value is -0.950. The molecule has 20 heavy (non-hydrogen) atoms. The van der Waals surface area contributed by atoms with Gasteiger partial charge in [0.25, 0.3) is 0 Å². The molecule has 2 rings (SSSR count). The zero-order valence-electron chi connectivity index (χ0n) is 12.4. The van der Waals surface area contributed by atoms with Gasteiger partial charge in [-0.05, 0) is 42.9 Å². The van der Waals surface area contributed by atoms with Gasteiger partial charge < -0.3 is 4.74 Å². The van der Waals surface area contributed by atoms with Crippen molar-refractivity contribution in [3.8, 4) is 5.75 Å². The Bertz CT molecular complexity index is 416. The molecular formula is C18H25ClO. The van der Waals surface area contributed by atoms with Crippen LogP contribution in [-0.4, -0.2) is 12.5 Å². The lowest BCUT2D eigenvalue weighted by atomic mass is 9.84. The Kier molecular flexibility index (Phi) is 6.46. The minimum absolute atomic E-state index is 0.652. The van der Waals surface area contributed by atoms with Gasteiger partial charge in [-0.25, -0.2) is 0 Å². The molecule has 0 N–H and O–H groups in total. The Labute approximate surface area is 128 Å². The van der Waals surface area contributed by atoms with E-state index in [9.17, 15) is 0 Å². The van der Waals surface area contributed by atoms with Crippen molar-refractivity contribution in [1.29, 1.82) is 0 Å². The molecule has 0 unspecified atom stereocenters. The van der Waals surface area contributed by atoms with Crippen LogP contribution >= 0.6 is 11.6 Å². The van der Waals surface area contributed by atoms with Crippen LogP contribution in [0.1, 0.15) is 51.0 Å². The molecule has 0 spiro atoms. The van der Waals surface area contributed by atoms with Crippen LogP contribution in [0.4, 0.5) is 0 Å². The third kappa shape index (κ3) is 4.56. The first-order chi connectivity index (χ1) is 9.83. The van der Waals surface area contributed by atoms with Gasteiger partial charge in [-0.15, -0.1) is 11.6 Å². The summed E-state index contributed by atoms with van der Waals surface area (Å²) in [6, 6.07) is 8.35. The number of hydrogen-bond donors (Lipinski definition) is 0. The van der Waals surface area contributed by atoms with Crippen LogP contribution in [0.2, 0.25) is 0 Å². The van der Waals surface area contributed by atoms with Gasteiger partial charge >= 0.3 is 0 Å². The van der Waals surface area contributed by atoms with Gasteiger partial charge in [-0.1, -0.05) is 50.0 Å². The second kappa shape index (κ2) is 8.36. The van der Waals surface area contributed by atoms with Crippen LogP contribution in [0.3, 0.4) is 0 Å². The average Bonchev–Trinajstić information content (AvgIpc) is 2.52. The molecule has 1 aromatic carbocycles. The maximum Gasteiger partial charge on any atom is 0.119 e. The largest absolute Gasteiger partial charge is 0.494 e. The smallest absolute Gasteiger partial charge is 0.119 e.